The summed E-state index contributed by atoms with van der Waals surface area (Å²) in [6, 6.07) is 22.7. The third-order valence-corrected chi connectivity index (χ3v) is 5.75. The number of esters is 3. The van der Waals surface area contributed by atoms with Gasteiger partial charge in [-0.15, -0.1) is 0 Å². The molecule has 0 heterocycles. The second kappa shape index (κ2) is 13.2. The van der Waals surface area contributed by atoms with Gasteiger partial charge in [0, 0.05) is 5.56 Å². The molecule has 0 spiro atoms. The molecule has 0 aliphatic rings. The molecule has 3 aromatic carbocycles. The molecule has 5 nitrogen and oxygen atoms in total. The summed E-state index contributed by atoms with van der Waals surface area (Å²) in [6.07, 6.45) is 4.81. The van der Waals surface area contributed by atoms with Gasteiger partial charge in [-0.2, -0.15) is 0 Å². The van der Waals surface area contributed by atoms with Crippen LogP contribution in [0.3, 0.4) is 0 Å². The van der Waals surface area contributed by atoms with Crippen LogP contribution in [0, 0.1) is 0 Å². The summed E-state index contributed by atoms with van der Waals surface area (Å²) >= 11 is 0. The van der Waals surface area contributed by atoms with Gasteiger partial charge < -0.3 is 9.47 Å². The Balaban J connectivity index is 1.71. The van der Waals surface area contributed by atoms with Crippen molar-refractivity contribution in [2.45, 2.75) is 58.5 Å². The van der Waals surface area contributed by atoms with Crippen molar-refractivity contribution in [3.8, 4) is 0 Å². The smallest absolute Gasteiger partial charge is 0.360 e. The first-order valence-electron chi connectivity index (χ1n) is 12.2. The van der Waals surface area contributed by atoms with Gasteiger partial charge >= 0.3 is 17.9 Å². The molecule has 1 atom stereocenters. The highest BCUT2D eigenvalue weighted by Crippen LogP contribution is 2.22. The van der Waals surface area contributed by atoms with E-state index in [-0.39, 0.29) is 5.56 Å². The molecule has 0 saturated carbocycles. The lowest BCUT2D eigenvalue weighted by atomic mass is 10.1. The van der Waals surface area contributed by atoms with E-state index in [1.807, 2.05) is 24.3 Å². The molecule has 0 fully saturated rings. The first-order valence-corrected chi connectivity index (χ1v) is 12.2. The quantitative estimate of drug-likeness (QED) is 0.231. The maximum absolute atomic E-state index is 13.0. The summed E-state index contributed by atoms with van der Waals surface area (Å²) in [5.74, 6) is -2.39. The average molecular weight is 473 g/mol. The van der Waals surface area contributed by atoms with Crippen LogP contribution in [0.25, 0.3) is 0 Å². The fraction of sp³-hybridized carbons (Fsp3) is 0.300. The van der Waals surface area contributed by atoms with Crippen molar-refractivity contribution in [1.82, 2.24) is 0 Å². The SMILES string of the molecule is CCCCc1ccc(C(=O)OC(=O)C(OC(=O)c2ccc(CCCC)cc2)c2ccccc2)cc1. The van der Waals surface area contributed by atoms with Gasteiger partial charge in [0.25, 0.3) is 0 Å². The maximum Gasteiger partial charge on any atom is 0.360 e. The minimum atomic E-state index is -1.36. The number of ether oxygens (including phenoxy) is 2. The fourth-order valence-corrected chi connectivity index (χ4v) is 3.64. The van der Waals surface area contributed by atoms with Crippen molar-refractivity contribution in [3.63, 3.8) is 0 Å². The summed E-state index contributed by atoms with van der Waals surface area (Å²) in [4.78, 5) is 38.4. The molecule has 0 aromatic heterocycles. The number of aryl methyl sites for hydroxylation is 2. The lowest BCUT2D eigenvalue weighted by Crippen LogP contribution is -2.24. The van der Waals surface area contributed by atoms with E-state index in [0.717, 1.165) is 49.7 Å². The molecule has 3 rings (SSSR count). The van der Waals surface area contributed by atoms with Crippen LogP contribution in [0.4, 0.5) is 0 Å². The van der Waals surface area contributed by atoms with Crippen LogP contribution in [-0.2, 0) is 27.1 Å². The fourth-order valence-electron chi connectivity index (χ4n) is 3.64. The number of carbonyl (C=O) groups is 3. The van der Waals surface area contributed by atoms with Gasteiger partial charge in [0.2, 0.25) is 6.10 Å². The number of hydrogen-bond donors (Lipinski definition) is 0. The summed E-state index contributed by atoms with van der Waals surface area (Å²) in [5, 5.41) is 0. The topological polar surface area (TPSA) is 69.7 Å². The Bertz CT molecular complexity index is 1100. The lowest BCUT2D eigenvalue weighted by molar-refractivity contribution is -0.148. The molecule has 0 aliphatic carbocycles. The third kappa shape index (κ3) is 7.64. The predicted octanol–water partition coefficient (Wildman–Crippen LogP) is 6.65. The molecule has 0 bridgehead atoms. The Morgan fingerprint density at radius 3 is 1.63 bits per heavy atom. The number of rotatable bonds is 11. The van der Waals surface area contributed by atoms with Gasteiger partial charge in [-0.05, 0) is 61.1 Å². The van der Waals surface area contributed by atoms with Crippen LogP contribution in [0.15, 0.2) is 78.9 Å². The van der Waals surface area contributed by atoms with E-state index in [1.54, 1.807) is 54.6 Å². The molecule has 182 valence electrons. The molecule has 0 aliphatic heterocycles. The van der Waals surface area contributed by atoms with E-state index in [2.05, 4.69) is 13.8 Å². The van der Waals surface area contributed by atoms with Crippen LogP contribution in [0.5, 0.6) is 0 Å². The first-order chi connectivity index (χ1) is 17.0. The molecule has 0 N–H and O–H groups in total. The van der Waals surface area contributed by atoms with E-state index in [9.17, 15) is 14.4 Å². The minimum absolute atomic E-state index is 0.263. The number of hydrogen-bond acceptors (Lipinski definition) is 5. The van der Waals surface area contributed by atoms with Crippen molar-refractivity contribution in [2.24, 2.45) is 0 Å². The largest absolute Gasteiger partial charge is 0.442 e. The Labute approximate surface area is 207 Å². The Kier molecular flexibility index (Phi) is 9.79. The number of carbonyl (C=O) groups excluding carboxylic acids is 3. The second-order valence-corrected chi connectivity index (χ2v) is 8.51. The van der Waals surface area contributed by atoms with Crippen molar-refractivity contribution in [1.29, 1.82) is 0 Å². The summed E-state index contributed by atoms with van der Waals surface area (Å²) in [7, 11) is 0. The minimum Gasteiger partial charge on any atom is -0.442 e. The second-order valence-electron chi connectivity index (χ2n) is 8.51. The van der Waals surface area contributed by atoms with Crippen molar-refractivity contribution in [2.75, 3.05) is 0 Å². The van der Waals surface area contributed by atoms with E-state index in [0.29, 0.717) is 11.1 Å². The highest BCUT2D eigenvalue weighted by molar-refractivity contribution is 5.99. The standard InChI is InChI=1S/C30H32O5/c1-3-5-10-22-14-18-25(19-15-22)28(31)34-27(24-12-8-7-9-13-24)30(33)35-29(32)26-20-16-23(17-21-26)11-6-4-2/h7-9,12-21,27H,3-6,10-11H2,1-2H3. The van der Waals surface area contributed by atoms with Gasteiger partial charge in [0.1, 0.15) is 0 Å². The predicted molar refractivity (Wildman–Crippen MR) is 135 cm³/mol. The van der Waals surface area contributed by atoms with Crippen LogP contribution < -0.4 is 0 Å². The van der Waals surface area contributed by atoms with E-state index >= 15 is 0 Å². The van der Waals surface area contributed by atoms with Crippen molar-refractivity contribution < 1.29 is 23.9 Å². The molecule has 3 aromatic rings. The molecule has 35 heavy (non-hydrogen) atoms. The number of unbranched alkanes of at least 4 members (excludes halogenated alkanes) is 2. The molecule has 0 amide bonds. The first kappa shape index (κ1) is 25.9. The molecular weight excluding hydrogens is 440 g/mol. The van der Waals surface area contributed by atoms with Gasteiger partial charge in [0.05, 0.1) is 11.1 Å². The summed E-state index contributed by atoms with van der Waals surface area (Å²) in [6.45, 7) is 4.25. The molecule has 0 radical (unpaired) electrons. The average Bonchev–Trinajstić information content (AvgIpc) is 2.90. The maximum atomic E-state index is 13.0. The highest BCUT2D eigenvalue weighted by Gasteiger charge is 2.29. The van der Waals surface area contributed by atoms with Gasteiger partial charge in [0.15, 0.2) is 0 Å². The van der Waals surface area contributed by atoms with Crippen LogP contribution in [-0.4, -0.2) is 17.9 Å². The summed E-state index contributed by atoms with van der Waals surface area (Å²) in [5.41, 5.74) is 3.26. The Morgan fingerprint density at radius 2 is 1.14 bits per heavy atom. The molecule has 5 heteroatoms. The molecule has 0 saturated heterocycles. The highest BCUT2D eigenvalue weighted by atomic mass is 16.6. The zero-order valence-electron chi connectivity index (χ0n) is 20.4. The number of benzene rings is 3. The van der Waals surface area contributed by atoms with Crippen LogP contribution in [0.1, 0.15) is 83.0 Å². The Morgan fingerprint density at radius 1 is 0.657 bits per heavy atom. The van der Waals surface area contributed by atoms with E-state index < -0.39 is 24.0 Å². The molecular formula is C30H32O5. The Hall–Kier alpha value is -3.73. The van der Waals surface area contributed by atoms with E-state index in [1.165, 1.54) is 0 Å². The van der Waals surface area contributed by atoms with Crippen LogP contribution >= 0.6 is 0 Å². The van der Waals surface area contributed by atoms with Gasteiger partial charge in [-0.3, -0.25) is 0 Å². The zero-order chi connectivity index (χ0) is 25.0. The normalized spacial score (nSPS) is 11.5. The monoisotopic (exact) mass is 472 g/mol. The van der Waals surface area contributed by atoms with E-state index in [4.69, 9.17) is 9.47 Å². The lowest BCUT2D eigenvalue weighted by Gasteiger charge is -2.17. The van der Waals surface area contributed by atoms with Crippen LogP contribution in [0.2, 0.25) is 0 Å². The molecule has 1 unspecified atom stereocenters. The van der Waals surface area contributed by atoms with Crippen molar-refractivity contribution >= 4 is 17.9 Å². The summed E-state index contributed by atoms with van der Waals surface area (Å²) < 4.78 is 10.7. The third-order valence-electron chi connectivity index (χ3n) is 5.75. The van der Waals surface area contributed by atoms with Gasteiger partial charge in [-0.1, -0.05) is 81.3 Å². The van der Waals surface area contributed by atoms with Gasteiger partial charge in [-0.25, -0.2) is 14.4 Å². The van der Waals surface area contributed by atoms with Crippen molar-refractivity contribution in [3.05, 3.63) is 107 Å². The zero-order valence-corrected chi connectivity index (χ0v) is 20.4.